The molecule has 6 nitrogen and oxygen atoms in total. The van der Waals surface area contributed by atoms with Crippen LogP contribution in [-0.4, -0.2) is 21.4 Å². The van der Waals surface area contributed by atoms with Crippen LogP contribution >= 0.6 is 11.6 Å². The van der Waals surface area contributed by atoms with Crippen molar-refractivity contribution in [1.82, 2.24) is 5.32 Å². The average Bonchev–Trinajstić information content (AvgIpc) is 2.81. The summed E-state index contributed by atoms with van der Waals surface area (Å²) in [5.74, 6) is 0.670. The zero-order chi connectivity index (χ0) is 25.8. The van der Waals surface area contributed by atoms with Crippen molar-refractivity contribution in [3.8, 4) is 5.75 Å². The maximum absolute atomic E-state index is 13.2. The fourth-order valence-corrected chi connectivity index (χ4v) is 5.39. The van der Waals surface area contributed by atoms with Crippen molar-refractivity contribution >= 4 is 33.2 Å². The molecule has 2 N–H and O–H groups in total. The van der Waals surface area contributed by atoms with Crippen LogP contribution in [0.4, 0.5) is 5.69 Å². The molecule has 3 rings (SSSR count). The lowest BCUT2D eigenvalue weighted by Crippen LogP contribution is -2.29. The highest BCUT2D eigenvalue weighted by Gasteiger charge is 2.23. The molecule has 1 amide bonds. The molecular formula is C27H31ClN2O4S. The lowest BCUT2D eigenvalue weighted by molar-refractivity contribution is 0.0931. The number of sulfonamides is 1. The van der Waals surface area contributed by atoms with Crippen LogP contribution in [0.15, 0.2) is 65.6 Å². The molecule has 0 radical (unpaired) electrons. The highest BCUT2D eigenvalue weighted by Crippen LogP contribution is 2.28. The third-order valence-electron chi connectivity index (χ3n) is 5.86. The van der Waals surface area contributed by atoms with Crippen LogP contribution in [0, 0.1) is 19.8 Å². The number of hydrogen-bond donors (Lipinski definition) is 2. The normalized spacial score (nSPS) is 12.3. The van der Waals surface area contributed by atoms with Gasteiger partial charge in [0.05, 0.1) is 23.9 Å². The van der Waals surface area contributed by atoms with Gasteiger partial charge in [-0.1, -0.05) is 49.7 Å². The van der Waals surface area contributed by atoms with E-state index in [1.54, 1.807) is 19.2 Å². The summed E-state index contributed by atoms with van der Waals surface area (Å²) in [7, 11) is -2.42. The van der Waals surface area contributed by atoms with Gasteiger partial charge in [0.1, 0.15) is 10.6 Å². The van der Waals surface area contributed by atoms with Crippen LogP contribution in [0.5, 0.6) is 5.75 Å². The number of nitrogens with one attached hydrogen (secondary N) is 2. The zero-order valence-corrected chi connectivity index (χ0v) is 22.1. The maximum Gasteiger partial charge on any atom is 0.263 e. The smallest absolute Gasteiger partial charge is 0.263 e. The first-order valence-corrected chi connectivity index (χ1v) is 13.2. The Balaban J connectivity index is 1.89. The molecule has 0 aliphatic rings. The van der Waals surface area contributed by atoms with Crippen LogP contribution in [0.25, 0.3) is 0 Å². The fraction of sp³-hybridized carbons (Fsp3) is 0.296. The first kappa shape index (κ1) is 26.6. The Bertz CT molecular complexity index is 1310. The molecule has 186 valence electrons. The van der Waals surface area contributed by atoms with Crippen LogP contribution in [0.1, 0.15) is 53.4 Å². The van der Waals surface area contributed by atoms with Gasteiger partial charge in [-0.05, 0) is 79.3 Å². The maximum atomic E-state index is 13.2. The molecule has 0 saturated heterocycles. The van der Waals surface area contributed by atoms with Crippen LogP contribution in [0.2, 0.25) is 5.02 Å². The van der Waals surface area contributed by atoms with Gasteiger partial charge in [0.15, 0.2) is 0 Å². The molecule has 8 heteroatoms. The van der Waals surface area contributed by atoms with Crippen molar-refractivity contribution in [3.63, 3.8) is 0 Å². The second kappa shape index (κ2) is 11.1. The van der Waals surface area contributed by atoms with E-state index in [0.29, 0.717) is 18.0 Å². The van der Waals surface area contributed by atoms with Crippen molar-refractivity contribution in [2.75, 3.05) is 11.8 Å². The molecule has 0 saturated carbocycles. The molecular weight excluding hydrogens is 484 g/mol. The van der Waals surface area contributed by atoms with Gasteiger partial charge in [-0.2, -0.15) is 0 Å². The second-order valence-corrected chi connectivity index (χ2v) is 11.0. The fourth-order valence-electron chi connectivity index (χ4n) is 3.74. The van der Waals surface area contributed by atoms with E-state index in [2.05, 4.69) is 23.9 Å². The number of anilines is 1. The zero-order valence-electron chi connectivity index (χ0n) is 20.6. The van der Waals surface area contributed by atoms with Gasteiger partial charge in [-0.15, -0.1) is 0 Å². The summed E-state index contributed by atoms with van der Waals surface area (Å²) in [5.41, 5.74) is 3.38. The highest BCUT2D eigenvalue weighted by molar-refractivity contribution is 7.92. The van der Waals surface area contributed by atoms with Gasteiger partial charge < -0.3 is 10.1 Å². The van der Waals surface area contributed by atoms with E-state index in [4.69, 9.17) is 16.3 Å². The minimum absolute atomic E-state index is 0.0354. The number of ether oxygens (including phenoxy) is 1. The SMILES string of the molecule is COc1ccc(C(CC(C)C)NC(=O)c2ccc(Cl)c(S(=O)(=O)Nc3cccc(C)c3C)c2)cc1. The Hall–Kier alpha value is -3.03. The molecule has 1 unspecified atom stereocenters. The molecule has 0 spiro atoms. The summed E-state index contributed by atoms with van der Waals surface area (Å²) in [5, 5.41) is 3.08. The Labute approximate surface area is 212 Å². The summed E-state index contributed by atoms with van der Waals surface area (Å²) in [6.07, 6.45) is 0.713. The van der Waals surface area contributed by atoms with Crippen molar-refractivity contribution < 1.29 is 17.9 Å². The molecule has 0 bridgehead atoms. The van der Waals surface area contributed by atoms with Gasteiger partial charge in [0, 0.05) is 5.56 Å². The van der Waals surface area contributed by atoms with Crippen molar-refractivity contribution in [3.05, 3.63) is 87.9 Å². The van der Waals surface area contributed by atoms with Crippen LogP contribution in [-0.2, 0) is 10.0 Å². The Kier molecular flexibility index (Phi) is 8.46. The lowest BCUT2D eigenvalue weighted by atomic mass is 9.96. The van der Waals surface area contributed by atoms with E-state index in [1.807, 2.05) is 44.2 Å². The Morgan fingerprint density at radius 1 is 1.03 bits per heavy atom. The summed E-state index contributed by atoms with van der Waals surface area (Å²) >= 11 is 6.26. The first-order chi connectivity index (χ1) is 16.5. The molecule has 0 aliphatic carbocycles. The molecule has 1 atom stereocenters. The minimum atomic E-state index is -4.02. The number of halogens is 1. The monoisotopic (exact) mass is 514 g/mol. The minimum Gasteiger partial charge on any atom is -0.497 e. The van der Waals surface area contributed by atoms with E-state index in [0.717, 1.165) is 22.4 Å². The number of aryl methyl sites for hydroxylation is 1. The molecule has 0 aromatic heterocycles. The predicted molar refractivity (Wildman–Crippen MR) is 141 cm³/mol. The first-order valence-electron chi connectivity index (χ1n) is 11.3. The summed E-state index contributed by atoms with van der Waals surface area (Å²) < 4.78 is 34.2. The van der Waals surface area contributed by atoms with E-state index in [9.17, 15) is 13.2 Å². The van der Waals surface area contributed by atoms with E-state index in [-0.39, 0.29) is 27.4 Å². The summed E-state index contributed by atoms with van der Waals surface area (Å²) in [4.78, 5) is 13.0. The van der Waals surface area contributed by atoms with Gasteiger partial charge in [0.2, 0.25) is 0 Å². The molecule has 0 fully saturated rings. The molecule has 0 aliphatic heterocycles. The molecule has 3 aromatic rings. The largest absolute Gasteiger partial charge is 0.497 e. The number of carbonyl (C=O) groups excluding carboxylic acids is 1. The number of amides is 1. The van der Waals surface area contributed by atoms with E-state index < -0.39 is 10.0 Å². The predicted octanol–water partition coefficient (Wildman–Crippen LogP) is 6.28. The van der Waals surface area contributed by atoms with E-state index >= 15 is 0 Å². The summed E-state index contributed by atoms with van der Waals surface area (Å²) in [6.45, 7) is 7.90. The van der Waals surface area contributed by atoms with Crippen molar-refractivity contribution in [2.45, 2.75) is 45.1 Å². The second-order valence-electron chi connectivity index (χ2n) is 8.93. The van der Waals surface area contributed by atoms with Gasteiger partial charge >= 0.3 is 0 Å². The third kappa shape index (κ3) is 6.55. The number of hydrogen-bond acceptors (Lipinski definition) is 4. The molecule has 3 aromatic carbocycles. The molecule has 35 heavy (non-hydrogen) atoms. The van der Waals surface area contributed by atoms with E-state index in [1.165, 1.54) is 18.2 Å². The topological polar surface area (TPSA) is 84.5 Å². The van der Waals surface area contributed by atoms with Gasteiger partial charge in [-0.3, -0.25) is 9.52 Å². The average molecular weight is 515 g/mol. The Morgan fingerprint density at radius 3 is 2.34 bits per heavy atom. The molecule has 0 heterocycles. The number of rotatable bonds is 9. The highest BCUT2D eigenvalue weighted by atomic mass is 35.5. The Morgan fingerprint density at radius 2 is 1.71 bits per heavy atom. The quantitative estimate of drug-likeness (QED) is 0.351. The standard InChI is InChI=1S/C27H31ClN2O4S/c1-17(2)15-25(20-9-12-22(34-5)13-10-20)29-27(31)21-11-14-23(28)26(16-21)35(32,33)30-24-8-6-7-18(3)19(24)4/h6-14,16-17,25,30H,15H2,1-5H3,(H,29,31). The lowest BCUT2D eigenvalue weighted by Gasteiger charge is -2.22. The van der Waals surface area contributed by atoms with Crippen molar-refractivity contribution in [2.24, 2.45) is 5.92 Å². The summed E-state index contributed by atoms with van der Waals surface area (Å²) in [6, 6.07) is 16.9. The van der Waals surface area contributed by atoms with Crippen LogP contribution < -0.4 is 14.8 Å². The number of benzene rings is 3. The van der Waals surface area contributed by atoms with Gasteiger partial charge in [-0.25, -0.2) is 8.42 Å². The van der Waals surface area contributed by atoms with Gasteiger partial charge in [0.25, 0.3) is 15.9 Å². The third-order valence-corrected chi connectivity index (χ3v) is 7.71. The number of methoxy groups -OCH3 is 1. The van der Waals surface area contributed by atoms with Crippen LogP contribution in [0.3, 0.4) is 0 Å². The number of carbonyl (C=O) groups is 1. The van der Waals surface area contributed by atoms with Crippen molar-refractivity contribution in [1.29, 1.82) is 0 Å².